The van der Waals surface area contributed by atoms with Crippen molar-refractivity contribution in [1.82, 2.24) is 4.98 Å². The number of carbonyl (C=O) groups is 1. The van der Waals surface area contributed by atoms with Gasteiger partial charge < -0.3 is 5.32 Å². The van der Waals surface area contributed by atoms with Crippen molar-refractivity contribution in [2.45, 2.75) is 6.92 Å². The molecule has 3 rings (SSSR count). The molecular weight excluding hydrogens is 256 g/mol. The number of hydrogen-bond acceptors (Lipinski definition) is 3. The van der Waals surface area contributed by atoms with Gasteiger partial charge in [-0.15, -0.1) is 11.3 Å². The summed E-state index contributed by atoms with van der Waals surface area (Å²) in [5.41, 5.74) is 2.24. The molecule has 1 N–H and O–H groups in total. The molecule has 1 aromatic carbocycles. The number of carbonyl (C=O) groups excluding carboxylic acids is 1. The number of aromatic nitrogens is 1. The monoisotopic (exact) mass is 268 g/mol. The molecule has 0 fully saturated rings. The first-order valence-electron chi connectivity index (χ1n) is 5.94. The van der Waals surface area contributed by atoms with Crippen molar-refractivity contribution in [3.05, 3.63) is 58.4 Å². The average molecular weight is 268 g/mol. The van der Waals surface area contributed by atoms with Crippen LogP contribution in [-0.2, 0) is 0 Å². The van der Waals surface area contributed by atoms with Crippen LogP contribution in [0.4, 0.5) is 5.69 Å². The summed E-state index contributed by atoms with van der Waals surface area (Å²) in [5, 5.41) is 5.80. The van der Waals surface area contributed by atoms with Crippen LogP contribution in [0.3, 0.4) is 0 Å². The molecule has 0 radical (unpaired) electrons. The van der Waals surface area contributed by atoms with E-state index in [-0.39, 0.29) is 5.91 Å². The van der Waals surface area contributed by atoms with Crippen molar-refractivity contribution in [2.75, 3.05) is 5.32 Å². The molecule has 0 unspecified atom stereocenters. The normalized spacial score (nSPS) is 10.6. The molecule has 19 heavy (non-hydrogen) atoms. The highest BCUT2D eigenvalue weighted by atomic mass is 32.1. The Bertz CT molecular complexity index is 743. The number of anilines is 1. The second kappa shape index (κ2) is 4.82. The lowest BCUT2D eigenvalue weighted by Crippen LogP contribution is -2.11. The van der Waals surface area contributed by atoms with Crippen LogP contribution in [0, 0.1) is 6.92 Å². The van der Waals surface area contributed by atoms with E-state index >= 15 is 0 Å². The Morgan fingerprint density at radius 2 is 2.11 bits per heavy atom. The number of aryl methyl sites for hydroxylation is 1. The van der Waals surface area contributed by atoms with E-state index in [1.165, 1.54) is 0 Å². The van der Waals surface area contributed by atoms with Gasteiger partial charge in [0, 0.05) is 21.8 Å². The number of nitrogens with one attached hydrogen (secondary N) is 1. The average Bonchev–Trinajstić information content (AvgIpc) is 2.86. The minimum Gasteiger partial charge on any atom is -0.320 e. The quantitative estimate of drug-likeness (QED) is 0.767. The fourth-order valence-corrected chi connectivity index (χ4v) is 2.65. The van der Waals surface area contributed by atoms with Crippen molar-refractivity contribution in [3.63, 3.8) is 0 Å². The smallest absolute Gasteiger partial charge is 0.256 e. The molecule has 0 aliphatic carbocycles. The number of thiophene rings is 1. The van der Waals surface area contributed by atoms with E-state index in [0.29, 0.717) is 5.56 Å². The van der Waals surface area contributed by atoms with E-state index in [2.05, 4.69) is 10.3 Å². The molecule has 94 valence electrons. The van der Waals surface area contributed by atoms with Gasteiger partial charge in [-0.3, -0.25) is 9.78 Å². The summed E-state index contributed by atoms with van der Waals surface area (Å²) in [6, 6.07) is 11.5. The minimum absolute atomic E-state index is 0.0949. The molecule has 3 nitrogen and oxygen atoms in total. The summed E-state index contributed by atoms with van der Waals surface area (Å²) >= 11 is 1.57. The zero-order valence-electron chi connectivity index (χ0n) is 10.4. The van der Waals surface area contributed by atoms with E-state index < -0.39 is 0 Å². The summed E-state index contributed by atoms with van der Waals surface area (Å²) in [6.07, 6.45) is 1.73. The summed E-state index contributed by atoms with van der Waals surface area (Å²) < 4.78 is 0. The minimum atomic E-state index is -0.0949. The Morgan fingerprint density at radius 1 is 1.26 bits per heavy atom. The van der Waals surface area contributed by atoms with Crippen LogP contribution in [0.1, 0.15) is 15.2 Å². The van der Waals surface area contributed by atoms with Crippen molar-refractivity contribution in [3.8, 4) is 0 Å². The second-order valence-electron chi connectivity index (χ2n) is 4.28. The van der Waals surface area contributed by atoms with Gasteiger partial charge in [-0.1, -0.05) is 18.2 Å². The Hall–Kier alpha value is -2.20. The first kappa shape index (κ1) is 11.9. The number of fused-ring (bicyclic) bond motifs is 1. The van der Waals surface area contributed by atoms with Gasteiger partial charge >= 0.3 is 0 Å². The van der Waals surface area contributed by atoms with Crippen molar-refractivity contribution < 1.29 is 4.79 Å². The molecule has 0 bridgehead atoms. The van der Waals surface area contributed by atoms with E-state index in [1.807, 2.05) is 48.7 Å². The maximum atomic E-state index is 12.1. The molecule has 2 heterocycles. The zero-order valence-corrected chi connectivity index (χ0v) is 11.2. The SMILES string of the molecule is Cc1cc(C(=O)Nc2cccc3cccnc23)cs1. The third-order valence-electron chi connectivity index (χ3n) is 2.87. The molecule has 4 heteroatoms. The van der Waals surface area contributed by atoms with E-state index in [0.717, 1.165) is 21.5 Å². The predicted octanol–water partition coefficient (Wildman–Crippen LogP) is 3.86. The van der Waals surface area contributed by atoms with Crippen LogP contribution < -0.4 is 5.32 Å². The van der Waals surface area contributed by atoms with Crippen LogP contribution >= 0.6 is 11.3 Å². The Labute approximate surface area is 114 Å². The van der Waals surface area contributed by atoms with E-state index in [4.69, 9.17) is 0 Å². The third-order valence-corrected chi connectivity index (χ3v) is 3.74. The molecule has 0 spiro atoms. The van der Waals surface area contributed by atoms with Gasteiger partial charge in [-0.25, -0.2) is 0 Å². The third kappa shape index (κ3) is 2.35. The van der Waals surface area contributed by atoms with Gasteiger partial charge in [0.2, 0.25) is 0 Å². The maximum absolute atomic E-state index is 12.1. The van der Waals surface area contributed by atoms with Crippen LogP contribution in [0.5, 0.6) is 0 Å². The Morgan fingerprint density at radius 3 is 2.89 bits per heavy atom. The Kier molecular flexibility index (Phi) is 3.01. The lowest BCUT2D eigenvalue weighted by Gasteiger charge is -2.06. The van der Waals surface area contributed by atoms with Gasteiger partial charge in [0.15, 0.2) is 0 Å². The van der Waals surface area contributed by atoms with Gasteiger partial charge in [0.1, 0.15) is 0 Å². The maximum Gasteiger partial charge on any atom is 0.256 e. The fraction of sp³-hybridized carbons (Fsp3) is 0.0667. The second-order valence-corrected chi connectivity index (χ2v) is 5.40. The highest BCUT2D eigenvalue weighted by Crippen LogP contribution is 2.22. The number of hydrogen-bond donors (Lipinski definition) is 1. The first-order valence-corrected chi connectivity index (χ1v) is 6.82. The molecule has 0 aliphatic heterocycles. The highest BCUT2D eigenvalue weighted by molar-refractivity contribution is 7.10. The van der Waals surface area contributed by atoms with Crippen LogP contribution in [0.2, 0.25) is 0 Å². The number of nitrogens with zero attached hydrogens (tertiary/aromatic N) is 1. The molecule has 2 aromatic heterocycles. The van der Waals surface area contributed by atoms with Gasteiger partial charge in [-0.05, 0) is 25.1 Å². The molecule has 3 aromatic rings. The molecule has 0 aliphatic rings. The molecule has 0 saturated heterocycles. The van der Waals surface area contributed by atoms with E-state index in [9.17, 15) is 4.79 Å². The summed E-state index contributed by atoms with van der Waals surface area (Å²) in [7, 11) is 0. The number of benzene rings is 1. The Balaban J connectivity index is 1.95. The summed E-state index contributed by atoms with van der Waals surface area (Å²) in [4.78, 5) is 17.6. The van der Waals surface area contributed by atoms with Gasteiger partial charge in [0.25, 0.3) is 5.91 Å². The van der Waals surface area contributed by atoms with Crippen molar-refractivity contribution in [1.29, 1.82) is 0 Å². The van der Waals surface area contributed by atoms with Gasteiger partial charge in [-0.2, -0.15) is 0 Å². The molecule has 0 atom stereocenters. The molecule has 1 amide bonds. The zero-order chi connectivity index (χ0) is 13.2. The first-order chi connectivity index (χ1) is 9.24. The molecule has 0 saturated carbocycles. The number of para-hydroxylation sites is 1. The molecular formula is C15H12N2OS. The van der Waals surface area contributed by atoms with Crippen molar-refractivity contribution in [2.24, 2.45) is 0 Å². The summed E-state index contributed by atoms with van der Waals surface area (Å²) in [5.74, 6) is -0.0949. The summed E-state index contributed by atoms with van der Waals surface area (Å²) in [6.45, 7) is 1.99. The van der Waals surface area contributed by atoms with Crippen LogP contribution in [0.15, 0.2) is 48.0 Å². The van der Waals surface area contributed by atoms with Crippen LogP contribution in [0.25, 0.3) is 10.9 Å². The number of pyridine rings is 1. The topological polar surface area (TPSA) is 42.0 Å². The van der Waals surface area contributed by atoms with E-state index in [1.54, 1.807) is 17.5 Å². The highest BCUT2D eigenvalue weighted by Gasteiger charge is 2.09. The lowest BCUT2D eigenvalue weighted by atomic mass is 10.2. The van der Waals surface area contributed by atoms with Gasteiger partial charge in [0.05, 0.1) is 16.8 Å². The van der Waals surface area contributed by atoms with Crippen molar-refractivity contribution >= 4 is 33.8 Å². The van der Waals surface area contributed by atoms with Crippen LogP contribution in [-0.4, -0.2) is 10.9 Å². The number of rotatable bonds is 2. The largest absolute Gasteiger partial charge is 0.320 e. The standard InChI is InChI=1S/C15H12N2OS/c1-10-8-12(9-19-10)15(18)17-13-6-2-4-11-5-3-7-16-14(11)13/h2-9H,1H3,(H,17,18). The number of amides is 1. The fourth-order valence-electron chi connectivity index (χ4n) is 1.96. The lowest BCUT2D eigenvalue weighted by molar-refractivity contribution is 0.102. The predicted molar refractivity (Wildman–Crippen MR) is 78.8 cm³/mol.